The Hall–Kier alpha value is -4.13. The zero-order chi connectivity index (χ0) is 25.7. The lowest BCUT2D eigenvalue weighted by Crippen LogP contribution is -2.47. The van der Waals surface area contributed by atoms with Gasteiger partial charge >= 0.3 is 6.09 Å². The lowest BCUT2D eigenvalue weighted by atomic mass is 9.89. The van der Waals surface area contributed by atoms with E-state index in [0.717, 1.165) is 16.9 Å². The Labute approximate surface area is 211 Å². The summed E-state index contributed by atoms with van der Waals surface area (Å²) in [6, 6.07) is 23.9. The number of ether oxygens (including phenoxy) is 1. The van der Waals surface area contributed by atoms with Gasteiger partial charge in [-0.2, -0.15) is 0 Å². The van der Waals surface area contributed by atoms with Gasteiger partial charge in [-0.15, -0.1) is 0 Å². The fraction of sp³-hybridized carbons (Fsp3) is 0.276. The van der Waals surface area contributed by atoms with Crippen LogP contribution in [0.1, 0.15) is 55.6 Å². The van der Waals surface area contributed by atoms with E-state index in [9.17, 15) is 14.4 Å². The van der Waals surface area contributed by atoms with Crippen LogP contribution < -0.4 is 15.1 Å². The van der Waals surface area contributed by atoms with E-state index in [0.29, 0.717) is 24.1 Å². The first-order chi connectivity index (χ1) is 17.4. The number of carbonyl (C=O) groups excluding carboxylic acids is 3. The first-order valence-electron chi connectivity index (χ1n) is 12.3. The predicted molar refractivity (Wildman–Crippen MR) is 141 cm³/mol. The van der Waals surface area contributed by atoms with Crippen molar-refractivity contribution in [3.63, 3.8) is 0 Å². The van der Waals surface area contributed by atoms with Crippen LogP contribution in [0.2, 0.25) is 0 Å². The zero-order valence-electron chi connectivity index (χ0n) is 20.8. The van der Waals surface area contributed by atoms with Gasteiger partial charge in [-0.1, -0.05) is 43.3 Å². The minimum absolute atomic E-state index is 0.0395. The van der Waals surface area contributed by atoms with Crippen LogP contribution in [0.3, 0.4) is 0 Å². The number of anilines is 3. The van der Waals surface area contributed by atoms with Gasteiger partial charge in [0.05, 0.1) is 12.6 Å². The molecule has 3 amide bonds. The van der Waals surface area contributed by atoms with Crippen molar-refractivity contribution in [3.8, 4) is 0 Å². The summed E-state index contributed by atoms with van der Waals surface area (Å²) in [4.78, 5) is 42.2. The van der Waals surface area contributed by atoms with E-state index >= 15 is 0 Å². The summed E-state index contributed by atoms with van der Waals surface area (Å²) in [5.41, 5.74) is 3.64. The number of carbonyl (C=O) groups is 3. The second kappa shape index (κ2) is 11.1. The monoisotopic (exact) mass is 485 g/mol. The molecule has 3 aromatic carbocycles. The molecule has 186 valence electrons. The molecule has 1 heterocycles. The molecule has 0 saturated carbocycles. The number of nitrogens with one attached hydrogen (secondary N) is 1. The molecule has 7 nitrogen and oxygen atoms in total. The Bertz CT molecular complexity index is 1230. The fourth-order valence-corrected chi connectivity index (χ4v) is 4.71. The first-order valence-corrected chi connectivity index (χ1v) is 12.3. The Morgan fingerprint density at radius 3 is 2.28 bits per heavy atom. The van der Waals surface area contributed by atoms with E-state index < -0.39 is 6.09 Å². The first kappa shape index (κ1) is 25.0. The van der Waals surface area contributed by atoms with Crippen molar-refractivity contribution in [2.45, 2.75) is 45.7 Å². The quantitative estimate of drug-likeness (QED) is 0.452. The molecule has 0 radical (unpaired) electrons. The van der Waals surface area contributed by atoms with Crippen LogP contribution in [0.25, 0.3) is 0 Å². The maximum Gasteiger partial charge on any atom is 0.411 e. The van der Waals surface area contributed by atoms with Crippen molar-refractivity contribution in [3.05, 3.63) is 90.0 Å². The molecule has 1 aliphatic rings. The highest BCUT2D eigenvalue weighted by molar-refractivity contribution is 6.08. The molecule has 0 spiro atoms. The van der Waals surface area contributed by atoms with Gasteiger partial charge in [-0.3, -0.25) is 14.9 Å². The summed E-state index contributed by atoms with van der Waals surface area (Å²) in [7, 11) is 0. The number of benzene rings is 3. The van der Waals surface area contributed by atoms with Crippen molar-refractivity contribution in [2.75, 3.05) is 21.7 Å². The highest BCUT2D eigenvalue weighted by Gasteiger charge is 2.38. The lowest BCUT2D eigenvalue weighted by molar-refractivity contribution is -0.118. The summed E-state index contributed by atoms with van der Waals surface area (Å²) in [6.45, 7) is 5.89. The number of nitrogens with zero attached hydrogens (tertiary/aromatic N) is 2. The molecule has 4 rings (SSSR count). The van der Waals surface area contributed by atoms with Crippen LogP contribution in [-0.2, 0) is 9.53 Å². The van der Waals surface area contributed by atoms with Gasteiger partial charge in [0.2, 0.25) is 5.91 Å². The molecular weight excluding hydrogens is 454 g/mol. The molecular formula is C29H31N3O4. The molecule has 36 heavy (non-hydrogen) atoms. The van der Waals surface area contributed by atoms with Crippen molar-refractivity contribution in [1.82, 2.24) is 0 Å². The normalized spacial score (nSPS) is 16.6. The van der Waals surface area contributed by atoms with Gasteiger partial charge in [0, 0.05) is 35.1 Å². The molecule has 1 N–H and O–H groups in total. The molecule has 0 unspecified atom stereocenters. The zero-order valence-corrected chi connectivity index (χ0v) is 20.8. The van der Waals surface area contributed by atoms with E-state index in [4.69, 9.17) is 4.74 Å². The maximum absolute atomic E-state index is 13.7. The van der Waals surface area contributed by atoms with Gasteiger partial charge in [-0.25, -0.2) is 4.79 Å². The maximum atomic E-state index is 13.7. The number of hydrogen-bond acceptors (Lipinski definition) is 4. The predicted octanol–water partition coefficient (Wildman–Crippen LogP) is 6.18. The second-order valence-electron chi connectivity index (χ2n) is 8.71. The molecule has 0 fully saturated rings. The van der Waals surface area contributed by atoms with Crippen molar-refractivity contribution in [2.24, 2.45) is 0 Å². The van der Waals surface area contributed by atoms with Gasteiger partial charge < -0.3 is 14.5 Å². The summed E-state index contributed by atoms with van der Waals surface area (Å²) >= 11 is 0. The van der Waals surface area contributed by atoms with Crippen LogP contribution in [0, 0.1) is 0 Å². The topological polar surface area (TPSA) is 79.0 Å². The summed E-state index contributed by atoms with van der Waals surface area (Å²) < 4.78 is 4.90. The number of fused-ring (bicyclic) bond motifs is 1. The summed E-state index contributed by atoms with van der Waals surface area (Å²) in [6.07, 6.45) is 0.452. The van der Waals surface area contributed by atoms with Crippen molar-refractivity contribution < 1.29 is 19.1 Å². The van der Waals surface area contributed by atoms with Crippen LogP contribution in [0.4, 0.5) is 21.9 Å². The van der Waals surface area contributed by atoms with E-state index in [1.165, 1.54) is 0 Å². The Balaban J connectivity index is 1.66. The van der Waals surface area contributed by atoms with Crippen molar-refractivity contribution in [1.29, 1.82) is 0 Å². The molecule has 0 bridgehead atoms. The number of rotatable bonds is 6. The van der Waals surface area contributed by atoms with Gasteiger partial charge in [-0.05, 0) is 68.3 Å². The Morgan fingerprint density at radius 2 is 1.61 bits per heavy atom. The average molecular weight is 486 g/mol. The van der Waals surface area contributed by atoms with Crippen LogP contribution in [-0.4, -0.2) is 30.6 Å². The highest BCUT2D eigenvalue weighted by Crippen LogP contribution is 2.42. The molecule has 0 aromatic heterocycles. The molecule has 3 aromatic rings. The van der Waals surface area contributed by atoms with Gasteiger partial charge in [0.25, 0.3) is 5.91 Å². The van der Waals surface area contributed by atoms with Gasteiger partial charge in [0.1, 0.15) is 0 Å². The van der Waals surface area contributed by atoms with Crippen LogP contribution in [0.5, 0.6) is 0 Å². The molecule has 0 saturated heterocycles. The second-order valence-corrected chi connectivity index (χ2v) is 8.71. The van der Waals surface area contributed by atoms with E-state index in [-0.39, 0.29) is 30.5 Å². The smallest absolute Gasteiger partial charge is 0.411 e. The standard InChI is InChI=1S/C29H31N3O4/c1-4-27(33)32(23-11-7-6-8-12-23)26-19-20(3)31(25-14-10-9-13-24(25)26)28(34)21-15-17-22(18-16-21)30-29(35)36-5-2/h6-18,20,26H,4-5,19H2,1-3H3,(H,30,35)/t20-,26+/m1/s1. The molecule has 2 atom stereocenters. The van der Waals surface area contributed by atoms with E-state index in [2.05, 4.69) is 5.32 Å². The minimum Gasteiger partial charge on any atom is -0.450 e. The molecule has 1 aliphatic heterocycles. The summed E-state index contributed by atoms with van der Waals surface area (Å²) in [5, 5.41) is 2.64. The third-order valence-electron chi connectivity index (χ3n) is 6.35. The highest BCUT2D eigenvalue weighted by atomic mass is 16.5. The number of amides is 3. The summed E-state index contributed by atoms with van der Waals surface area (Å²) in [5.74, 6) is -0.0955. The number of para-hydroxylation sites is 2. The SMILES string of the molecule is CCOC(=O)Nc1ccc(C(=O)N2c3ccccc3[C@@H](N(C(=O)CC)c3ccccc3)C[C@H]2C)cc1. The van der Waals surface area contributed by atoms with Crippen LogP contribution >= 0.6 is 0 Å². The van der Waals surface area contributed by atoms with E-state index in [1.807, 2.05) is 73.3 Å². The Morgan fingerprint density at radius 1 is 0.944 bits per heavy atom. The molecule has 7 heteroatoms. The van der Waals surface area contributed by atoms with Crippen LogP contribution in [0.15, 0.2) is 78.9 Å². The van der Waals surface area contributed by atoms with E-state index in [1.54, 1.807) is 36.1 Å². The average Bonchev–Trinajstić information content (AvgIpc) is 2.89. The number of hydrogen-bond donors (Lipinski definition) is 1. The van der Waals surface area contributed by atoms with Crippen molar-refractivity contribution >= 4 is 35.0 Å². The molecule has 0 aliphatic carbocycles. The lowest BCUT2D eigenvalue weighted by Gasteiger charge is -2.43. The minimum atomic E-state index is -0.536. The Kier molecular flexibility index (Phi) is 7.68. The third kappa shape index (κ3) is 5.10. The fourth-order valence-electron chi connectivity index (χ4n) is 4.71. The third-order valence-corrected chi connectivity index (χ3v) is 6.35. The largest absolute Gasteiger partial charge is 0.450 e. The van der Waals surface area contributed by atoms with Gasteiger partial charge in [0.15, 0.2) is 0 Å².